The largest absolute Gasteiger partial charge is 0.294 e. The molecule has 0 N–H and O–H groups in total. The third kappa shape index (κ3) is 3.27. The van der Waals surface area contributed by atoms with E-state index in [2.05, 4.69) is 31.9 Å². The highest BCUT2D eigenvalue weighted by Crippen LogP contribution is 2.25. The molecule has 0 saturated carbocycles. The molecule has 1 aromatic carbocycles. The molecule has 0 spiro atoms. The minimum absolute atomic E-state index is 0.148. The van der Waals surface area contributed by atoms with Crippen LogP contribution in [0.3, 0.4) is 0 Å². The Kier molecular flexibility index (Phi) is 4.17. The molecule has 2 aromatic rings. The van der Waals surface area contributed by atoms with Crippen LogP contribution in [0.15, 0.2) is 38.6 Å². The number of Topliss-reactive ketones (excluding diaryl/α,β-unsaturated/α-hetero) is 1. The fourth-order valence-electron chi connectivity index (χ4n) is 1.55. The molecular weight excluding hydrogens is 364 g/mol. The number of benzene rings is 1. The van der Waals surface area contributed by atoms with E-state index in [1.807, 2.05) is 37.3 Å². The molecule has 0 amide bonds. The van der Waals surface area contributed by atoms with Crippen LogP contribution in [0.2, 0.25) is 0 Å². The number of halogens is 2. The summed E-state index contributed by atoms with van der Waals surface area (Å²) in [6.45, 7) is 1.99. The third-order valence-corrected chi connectivity index (χ3v) is 4.70. The van der Waals surface area contributed by atoms with Gasteiger partial charge in [0.2, 0.25) is 0 Å². The second-order valence-corrected chi connectivity index (χ2v) is 7.19. The van der Waals surface area contributed by atoms with Crippen molar-refractivity contribution >= 4 is 49.0 Å². The molecule has 0 atom stereocenters. The van der Waals surface area contributed by atoms with Gasteiger partial charge in [0.15, 0.2) is 5.78 Å². The van der Waals surface area contributed by atoms with Crippen LogP contribution in [0.5, 0.6) is 0 Å². The van der Waals surface area contributed by atoms with Crippen LogP contribution in [0.4, 0.5) is 0 Å². The predicted octanol–water partition coefficient (Wildman–Crippen LogP) is 5.01. The normalized spacial score (nSPS) is 10.5. The average molecular weight is 374 g/mol. The molecule has 4 heteroatoms. The van der Waals surface area contributed by atoms with E-state index >= 15 is 0 Å². The van der Waals surface area contributed by atoms with Crippen LogP contribution >= 0.6 is 43.2 Å². The van der Waals surface area contributed by atoms with Gasteiger partial charge in [0.05, 0.1) is 3.79 Å². The highest BCUT2D eigenvalue weighted by Gasteiger charge is 2.12. The van der Waals surface area contributed by atoms with Crippen LogP contribution in [-0.4, -0.2) is 5.78 Å². The smallest absolute Gasteiger partial charge is 0.169 e. The maximum absolute atomic E-state index is 12.2. The second kappa shape index (κ2) is 5.46. The minimum atomic E-state index is 0.148. The van der Waals surface area contributed by atoms with Gasteiger partial charge >= 0.3 is 0 Å². The molecule has 0 unspecified atom stereocenters. The first-order valence-electron chi connectivity index (χ1n) is 5.10. The monoisotopic (exact) mass is 372 g/mol. The van der Waals surface area contributed by atoms with E-state index in [1.54, 1.807) is 11.3 Å². The topological polar surface area (TPSA) is 17.1 Å². The van der Waals surface area contributed by atoms with E-state index in [0.29, 0.717) is 6.42 Å². The number of ketones is 1. The van der Waals surface area contributed by atoms with Gasteiger partial charge in [-0.1, -0.05) is 27.6 Å². The number of aryl methyl sites for hydroxylation is 1. The van der Waals surface area contributed by atoms with E-state index in [-0.39, 0.29) is 5.78 Å². The zero-order valence-corrected chi connectivity index (χ0v) is 13.2. The number of carbonyl (C=O) groups excluding carboxylic acids is 1. The van der Waals surface area contributed by atoms with Crippen molar-refractivity contribution in [3.05, 3.63) is 54.6 Å². The molecule has 88 valence electrons. The molecule has 0 radical (unpaired) electrons. The lowest BCUT2D eigenvalue weighted by Gasteiger charge is -2.04. The predicted molar refractivity (Wildman–Crippen MR) is 78.9 cm³/mol. The van der Waals surface area contributed by atoms with Gasteiger partial charge in [0, 0.05) is 21.3 Å². The second-order valence-electron chi connectivity index (χ2n) is 3.79. The Balaban J connectivity index is 2.22. The first-order valence-corrected chi connectivity index (χ1v) is 7.50. The molecule has 17 heavy (non-hydrogen) atoms. The van der Waals surface area contributed by atoms with Crippen molar-refractivity contribution in [3.8, 4) is 0 Å². The summed E-state index contributed by atoms with van der Waals surface area (Å²) in [6, 6.07) is 9.79. The summed E-state index contributed by atoms with van der Waals surface area (Å²) in [5, 5.41) is 0. The average Bonchev–Trinajstić information content (AvgIpc) is 2.67. The van der Waals surface area contributed by atoms with Gasteiger partial charge in [0.25, 0.3) is 0 Å². The van der Waals surface area contributed by atoms with Crippen LogP contribution in [-0.2, 0) is 6.42 Å². The lowest BCUT2D eigenvalue weighted by Crippen LogP contribution is -2.03. The number of hydrogen-bond donors (Lipinski definition) is 0. The maximum Gasteiger partial charge on any atom is 0.169 e. The summed E-state index contributed by atoms with van der Waals surface area (Å²) >= 11 is 8.43. The molecule has 0 aliphatic heterocycles. The fourth-order valence-corrected chi connectivity index (χ4v) is 3.50. The molecule has 1 heterocycles. The van der Waals surface area contributed by atoms with Crippen LogP contribution < -0.4 is 0 Å². The molecule has 1 nitrogen and oxygen atoms in total. The Labute approximate surface area is 121 Å². The SMILES string of the molecule is Cc1ccc(Br)c(C(=O)Cc2ccc(Br)s2)c1. The first-order chi connectivity index (χ1) is 8.06. The first kappa shape index (κ1) is 13.0. The molecular formula is C13H10Br2OS. The fraction of sp³-hybridized carbons (Fsp3) is 0.154. The minimum Gasteiger partial charge on any atom is -0.294 e. The maximum atomic E-state index is 12.2. The molecule has 0 bridgehead atoms. The van der Waals surface area contributed by atoms with Crippen LogP contribution in [0, 0.1) is 6.92 Å². The molecule has 0 fully saturated rings. The summed E-state index contributed by atoms with van der Waals surface area (Å²) in [5.41, 5.74) is 1.86. The number of rotatable bonds is 3. The molecule has 0 saturated heterocycles. The Hall–Kier alpha value is -0.450. The Bertz CT molecular complexity index is 560. The summed E-state index contributed by atoms with van der Waals surface area (Å²) in [6.07, 6.45) is 0.457. The van der Waals surface area contributed by atoms with E-state index in [4.69, 9.17) is 0 Å². The van der Waals surface area contributed by atoms with Crippen molar-refractivity contribution in [1.29, 1.82) is 0 Å². The number of thiophene rings is 1. The molecule has 0 aliphatic carbocycles. The highest BCUT2D eigenvalue weighted by molar-refractivity contribution is 9.11. The Morgan fingerprint density at radius 3 is 2.65 bits per heavy atom. The summed E-state index contributed by atoms with van der Waals surface area (Å²) in [4.78, 5) is 13.2. The number of carbonyl (C=O) groups is 1. The molecule has 2 rings (SSSR count). The summed E-state index contributed by atoms with van der Waals surface area (Å²) in [5.74, 6) is 0.148. The van der Waals surface area contributed by atoms with Crippen molar-refractivity contribution < 1.29 is 4.79 Å². The number of hydrogen-bond acceptors (Lipinski definition) is 2. The van der Waals surface area contributed by atoms with Crippen LogP contribution in [0.1, 0.15) is 20.8 Å². The lowest BCUT2D eigenvalue weighted by atomic mass is 10.1. The van der Waals surface area contributed by atoms with E-state index in [0.717, 1.165) is 24.3 Å². The van der Waals surface area contributed by atoms with E-state index in [9.17, 15) is 4.79 Å². The van der Waals surface area contributed by atoms with Crippen molar-refractivity contribution in [2.45, 2.75) is 13.3 Å². The third-order valence-electron chi connectivity index (χ3n) is 2.39. The summed E-state index contributed by atoms with van der Waals surface area (Å²) < 4.78 is 1.92. The van der Waals surface area contributed by atoms with Crippen molar-refractivity contribution in [3.63, 3.8) is 0 Å². The van der Waals surface area contributed by atoms with Crippen molar-refractivity contribution in [2.75, 3.05) is 0 Å². The van der Waals surface area contributed by atoms with Gasteiger partial charge < -0.3 is 0 Å². The van der Waals surface area contributed by atoms with Crippen molar-refractivity contribution in [1.82, 2.24) is 0 Å². The van der Waals surface area contributed by atoms with Gasteiger partial charge in [-0.25, -0.2) is 0 Å². The van der Waals surface area contributed by atoms with E-state index < -0.39 is 0 Å². The molecule has 1 aromatic heterocycles. The zero-order chi connectivity index (χ0) is 12.4. The van der Waals surface area contributed by atoms with Crippen molar-refractivity contribution in [2.24, 2.45) is 0 Å². The van der Waals surface area contributed by atoms with Gasteiger partial charge in [-0.05, 0) is 47.1 Å². The van der Waals surface area contributed by atoms with E-state index in [1.165, 1.54) is 0 Å². The molecule has 0 aliphatic rings. The van der Waals surface area contributed by atoms with Gasteiger partial charge in [0.1, 0.15) is 0 Å². The Morgan fingerprint density at radius 2 is 2.00 bits per heavy atom. The van der Waals surface area contributed by atoms with Crippen LogP contribution in [0.25, 0.3) is 0 Å². The Morgan fingerprint density at radius 1 is 1.24 bits per heavy atom. The van der Waals surface area contributed by atoms with Gasteiger partial charge in [-0.15, -0.1) is 11.3 Å². The lowest BCUT2D eigenvalue weighted by molar-refractivity contribution is 0.0993. The quantitative estimate of drug-likeness (QED) is 0.691. The zero-order valence-electron chi connectivity index (χ0n) is 9.17. The van der Waals surface area contributed by atoms with Gasteiger partial charge in [-0.3, -0.25) is 4.79 Å². The highest BCUT2D eigenvalue weighted by atomic mass is 79.9. The standard InChI is InChI=1S/C13H10Br2OS/c1-8-2-4-11(14)10(6-8)12(16)7-9-3-5-13(15)17-9/h2-6H,7H2,1H3. The van der Waals surface area contributed by atoms with Gasteiger partial charge in [-0.2, -0.15) is 0 Å². The summed E-state index contributed by atoms with van der Waals surface area (Å²) in [7, 11) is 0.